The van der Waals surface area contributed by atoms with Crippen molar-refractivity contribution in [3.8, 4) is 0 Å². The lowest BCUT2D eigenvalue weighted by atomic mass is 10.1. The van der Waals surface area contributed by atoms with Gasteiger partial charge in [0.1, 0.15) is 11.7 Å². The van der Waals surface area contributed by atoms with Gasteiger partial charge in [0.2, 0.25) is 5.91 Å². The summed E-state index contributed by atoms with van der Waals surface area (Å²) in [6.45, 7) is 0. The predicted molar refractivity (Wildman–Crippen MR) is 92.6 cm³/mol. The molecular weight excluding hydrogens is 308 g/mol. The Balaban J connectivity index is 1.77. The molecule has 0 fully saturated rings. The molecule has 3 nitrogen and oxygen atoms in total. The first-order valence-corrected chi connectivity index (χ1v) is 8.79. The Morgan fingerprint density at radius 3 is 2.61 bits per heavy atom. The number of halogens is 1. The van der Waals surface area contributed by atoms with Crippen LogP contribution in [0.2, 0.25) is 0 Å². The van der Waals surface area contributed by atoms with Gasteiger partial charge in [-0.05, 0) is 73.4 Å². The molecule has 0 aliphatic heterocycles. The maximum atomic E-state index is 12.5. The number of aryl methyl sites for hydroxylation is 4. The molecule has 118 valence electrons. The number of pyridine rings is 1. The molecular formula is C19H19ClN2O. The number of hydrogen-bond acceptors (Lipinski definition) is 2. The standard InChI is InChI=1S/C19H19ClN2O/c20-12-19(23)22(16-9-7-13-3-1-5-15(13)11-16)18-10-8-14-4-2-6-17(14)21-18/h7-11H,1-6,12H2. The third kappa shape index (κ3) is 2.63. The van der Waals surface area contributed by atoms with Gasteiger partial charge in [0.15, 0.2) is 0 Å². The summed E-state index contributed by atoms with van der Waals surface area (Å²) in [5.74, 6) is 0.514. The summed E-state index contributed by atoms with van der Waals surface area (Å²) in [6, 6.07) is 10.3. The summed E-state index contributed by atoms with van der Waals surface area (Å²) >= 11 is 5.86. The summed E-state index contributed by atoms with van der Waals surface area (Å²) in [7, 11) is 0. The van der Waals surface area contributed by atoms with Gasteiger partial charge in [-0.2, -0.15) is 0 Å². The number of rotatable bonds is 3. The molecule has 2 aliphatic rings. The second-order valence-corrected chi connectivity index (χ2v) is 6.57. The van der Waals surface area contributed by atoms with Gasteiger partial charge in [-0.3, -0.25) is 9.69 Å². The van der Waals surface area contributed by atoms with Crippen molar-refractivity contribution >= 4 is 29.0 Å². The number of alkyl halides is 1. The topological polar surface area (TPSA) is 33.2 Å². The van der Waals surface area contributed by atoms with Gasteiger partial charge in [0.25, 0.3) is 0 Å². The summed E-state index contributed by atoms with van der Waals surface area (Å²) < 4.78 is 0. The maximum Gasteiger partial charge on any atom is 0.247 e. The molecule has 4 heteroatoms. The minimum absolute atomic E-state index is 0.0458. The summed E-state index contributed by atoms with van der Waals surface area (Å²) in [5.41, 5.74) is 6.05. The predicted octanol–water partition coefficient (Wildman–Crippen LogP) is 3.96. The molecule has 0 saturated heterocycles. The van der Waals surface area contributed by atoms with Crippen LogP contribution in [-0.2, 0) is 30.5 Å². The molecule has 0 N–H and O–H groups in total. The second kappa shape index (κ2) is 5.97. The van der Waals surface area contributed by atoms with E-state index < -0.39 is 0 Å². The average Bonchev–Trinajstić information content (AvgIpc) is 3.22. The molecule has 2 aliphatic carbocycles. The highest BCUT2D eigenvalue weighted by atomic mass is 35.5. The molecule has 1 amide bonds. The van der Waals surface area contributed by atoms with Crippen LogP contribution in [0, 0.1) is 0 Å². The van der Waals surface area contributed by atoms with E-state index in [0.717, 1.165) is 43.5 Å². The van der Waals surface area contributed by atoms with Gasteiger partial charge < -0.3 is 0 Å². The number of hydrogen-bond donors (Lipinski definition) is 0. The van der Waals surface area contributed by atoms with E-state index in [1.165, 1.54) is 23.1 Å². The monoisotopic (exact) mass is 326 g/mol. The lowest BCUT2D eigenvalue weighted by Gasteiger charge is -2.22. The van der Waals surface area contributed by atoms with Crippen LogP contribution in [0.25, 0.3) is 0 Å². The minimum atomic E-state index is -0.130. The van der Waals surface area contributed by atoms with E-state index >= 15 is 0 Å². The fourth-order valence-electron chi connectivity index (χ4n) is 3.69. The number of fused-ring (bicyclic) bond motifs is 2. The molecule has 0 spiro atoms. The van der Waals surface area contributed by atoms with Crippen LogP contribution in [0.3, 0.4) is 0 Å². The molecule has 0 bridgehead atoms. The number of benzene rings is 1. The van der Waals surface area contributed by atoms with Crippen LogP contribution >= 0.6 is 11.6 Å². The van der Waals surface area contributed by atoms with E-state index in [1.807, 2.05) is 12.1 Å². The van der Waals surface area contributed by atoms with Crippen LogP contribution in [0.5, 0.6) is 0 Å². The summed E-state index contributed by atoms with van der Waals surface area (Å²) in [5, 5.41) is 0. The van der Waals surface area contributed by atoms with Gasteiger partial charge in [0, 0.05) is 5.69 Å². The highest BCUT2D eigenvalue weighted by Crippen LogP contribution is 2.32. The molecule has 2 aromatic rings. The first-order chi connectivity index (χ1) is 11.3. The van der Waals surface area contributed by atoms with Crippen molar-refractivity contribution in [2.45, 2.75) is 38.5 Å². The Morgan fingerprint density at radius 1 is 1.00 bits per heavy atom. The van der Waals surface area contributed by atoms with Crippen molar-refractivity contribution in [1.29, 1.82) is 0 Å². The van der Waals surface area contributed by atoms with E-state index in [1.54, 1.807) is 4.90 Å². The fourth-order valence-corrected chi connectivity index (χ4v) is 3.81. The average molecular weight is 327 g/mol. The van der Waals surface area contributed by atoms with Crippen molar-refractivity contribution in [2.24, 2.45) is 0 Å². The Kier molecular flexibility index (Phi) is 3.82. The number of carbonyl (C=O) groups excluding carboxylic acids is 1. The number of carbonyl (C=O) groups is 1. The largest absolute Gasteiger partial charge is 0.273 e. The second-order valence-electron chi connectivity index (χ2n) is 6.30. The zero-order valence-corrected chi connectivity index (χ0v) is 13.8. The molecule has 0 radical (unpaired) electrons. The van der Waals surface area contributed by atoms with Crippen molar-refractivity contribution < 1.29 is 4.79 Å². The minimum Gasteiger partial charge on any atom is -0.273 e. The first kappa shape index (κ1) is 14.7. The van der Waals surface area contributed by atoms with Crippen LogP contribution in [0.1, 0.15) is 35.2 Å². The number of amides is 1. The van der Waals surface area contributed by atoms with Gasteiger partial charge in [0.05, 0.1) is 5.69 Å². The van der Waals surface area contributed by atoms with E-state index in [-0.39, 0.29) is 11.8 Å². The zero-order chi connectivity index (χ0) is 15.8. The van der Waals surface area contributed by atoms with Gasteiger partial charge >= 0.3 is 0 Å². The SMILES string of the molecule is O=C(CCl)N(c1ccc2c(c1)CCC2)c1ccc2c(n1)CCC2. The smallest absolute Gasteiger partial charge is 0.247 e. The molecule has 0 atom stereocenters. The molecule has 1 heterocycles. The normalized spacial score (nSPS) is 15.3. The lowest BCUT2D eigenvalue weighted by molar-refractivity contribution is -0.115. The molecule has 1 aromatic heterocycles. The van der Waals surface area contributed by atoms with Crippen LogP contribution < -0.4 is 4.90 Å². The van der Waals surface area contributed by atoms with Crippen molar-refractivity contribution in [1.82, 2.24) is 4.98 Å². The van der Waals surface area contributed by atoms with Crippen LogP contribution in [0.15, 0.2) is 30.3 Å². The molecule has 23 heavy (non-hydrogen) atoms. The number of anilines is 2. The molecule has 4 rings (SSSR count). The summed E-state index contributed by atoms with van der Waals surface area (Å²) in [6.07, 6.45) is 6.65. The van der Waals surface area contributed by atoms with Crippen molar-refractivity contribution in [3.05, 3.63) is 52.7 Å². The van der Waals surface area contributed by atoms with Crippen LogP contribution in [-0.4, -0.2) is 16.8 Å². The zero-order valence-electron chi connectivity index (χ0n) is 13.0. The Hall–Kier alpha value is -1.87. The molecule has 1 aromatic carbocycles. The fraction of sp³-hybridized carbons (Fsp3) is 0.368. The van der Waals surface area contributed by atoms with Crippen molar-refractivity contribution in [3.63, 3.8) is 0 Å². The maximum absolute atomic E-state index is 12.5. The Bertz CT molecular complexity index is 714. The van der Waals surface area contributed by atoms with E-state index in [0.29, 0.717) is 5.82 Å². The quantitative estimate of drug-likeness (QED) is 0.800. The van der Waals surface area contributed by atoms with Gasteiger partial charge in [-0.25, -0.2) is 4.98 Å². The highest BCUT2D eigenvalue weighted by molar-refractivity contribution is 6.30. The lowest BCUT2D eigenvalue weighted by Crippen LogP contribution is -2.28. The third-order valence-electron chi connectivity index (χ3n) is 4.85. The number of nitrogens with zero attached hydrogens (tertiary/aromatic N) is 2. The van der Waals surface area contributed by atoms with Gasteiger partial charge in [-0.1, -0.05) is 12.1 Å². The van der Waals surface area contributed by atoms with E-state index in [4.69, 9.17) is 16.6 Å². The Morgan fingerprint density at radius 2 is 1.74 bits per heavy atom. The van der Waals surface area contributed by atoms with Crippen molar-refractivity contribution in [2.75, 3.05) is 10.8 Å². The summed E-state index contributed by atoms with van der Waals surface area (Å²) in [4.78, 5) is 18.9. The molecule has 0 unspecified atom stereocenters. The van der Waals surface area contributed by atoms with E-state index in [2.05, 4.69) is 18.2 Å². The van der Waals surface area contributed by atoms with Gasteiger partial charge in [-0.15, -0.1) is 11.6 Å². The number of aromatic nitrogens is 1. The van der Waals surface area contributed by atoms with Crippen LogP contribution in [0.4, 0.5) is 11.5 Å². The molecule has 0 saturated carbocycles. The first-order valence-electron chi connectivity index (χ1n) is 8.26. The Labute approximate surface area is 141 Å². The van der Waals surface area contributed by atoms with E-state index in [9.17, 15) is 4.79 Å². The third-order valence-corrected chi connectivity index (χ3v) is 5.08. The highest BCUT2D eigenvalue weighted by Gasteiger charge is 2.22.